The van der Waals surface area contributed by atoms with Crippen LogP contribution in [0.15, 0.2) is 0 Å². The van der Waals surface area contributed by atoms with Gasteiger partial charge in [0.25, 0.3) is 5.91 Å². The van der Waals surface area contributed by atoms with Crippen molar-refractivity contribution in [2.24, 2.45) is 0 Å². The van der Waals surface area contributed by atoms with Gasteiger partial charge in [0, 0.05) is 19.6 Å². The molecule has 3 aliphatic heterocycles. The van der Waals surface area contributed by atoms with Crippen LogP contribution in [0.1, 0.15) is 6.42 Å². The van der Waals surface area contributed by atoms with Crippen LogP contribution in [0.2, 0.25) is 0 Å². The van der Waals surface area contributed by atoms with E-state index < -0.39 is 34.3 Å². The number of fused-ring (bicyclic) bond motifs is 1. The average molecular weight is 334 g/mol. The second kappa shape index (κ2) is 5.65. The van der Waals surface area contributed by atoms with Crippen LogP contribution in [0.4, 0.5) is 4.79 Å². The Labute approximate surface area is 127 Å². The van der Waals surface area contributed by atoms with E-state index in [1.165, 1.54) is 4.90 Å². The molecule has 0 aromatic carbocycles. The van der Waals surface area contributed by atoms with Crippen molar-refractivity contribution in [2.45, 2.75) is 24.5 Å². The number of urea groups is 1. The van der Waals surface area contributed by atoms with E-state index >= 15 is 0 Å². The zero-order chi connectivity index (χ0) is 15.9. The number of rotatable bonds is 2. The van der Waals surface area contributed by atoms with E-state index in [1.54, 1.807) is 0 Å². The fraction of sp³-hybridized carbons (Fsp3) is 0.818. The number of hydrogen-bond donors (Lipinski definition) is 3. The van der Waals surface area contributed by atoms with Gasteiger partial charge in [-0.15, -0.1) is 0 Å². The number of carbonyl (C=O) groups excluding carboxylic acids is 2. The van der Waals surface area contributed by atoms with Gasteiger partial charge in [-0.05, 0) is 6.42 Å². The number of carbonyl (C=O) groups is 2. The summed E-state index contributed by atoms with van der Waals surface area (Å²) in [4.78, 5) is 25.5. The smallest absolute Gasteiger partial charge is 0.362 e. The largest absolute Gasteiger partial charge is 0.378 e. The Morgan fingerprint density at radius 1 is 1.45 bits per heavy atom. The fourth-order valence-corrected chi connectivity index (χ4v) is 4.00. The molecule has 3 fully saturated rings. The molecule has 0 aromatic heterocycles. The molecule has 3 rings (SSSR count). The van der Waals surface area contributed by atoms with Crippen molar-refractivity contribution in [1.29, 1.82) is 0 Å². The molecule has 0 aromatic rings. The highest BCUT2D eigenvalue weighted by molar-refractivity contribution is 7.84. The highest BCUT2D eigenvalue weighted by Crippen LogP contribution is 2.35. The molecule has 3 aliphatic rings. The molecule has 0 spiro atoms. The first-order chi connectivity index (χ1) is 10.4. The number of nitrogens with one attached hydrogen (secondary N) is 2. The van der Waals surface area contributed by atoms with Gasteiger partial charge in [0.05, 0.1) is 25.3 Å². The Bertz CT molecular complexity index is 573. The van der Waals surface area contributed by atoms with Crippen LogP contribution in [0, 0.1) is 0 Å². The topological polar surface area (TPSA) is 128 Å². The molecule has 22 heavy (non-hydrogen) atoms. The van der Waals surface area contributed by atoms with E-state index in [1.807, 2.05) is 0 Å². The maximum absolute atomic E-state index is 12.3. The lowest BCUT2D eigenvalue weighted by atomic mass is 10.0. The molecule has 11 heteroatoms. The molecule has 3 amide bonds. The Balaban J connectivity index is 1.62. The predicted octanol–water partition coefficient (Wildman–Crippen LogP) is -2.23. The third-order valence-corrected chi connectivity index (χ3v) is 5.06. The molecule has 3 atom stereocenters. The summed E-state index contributed by atoms with van der Waals surface area (Å²) in [5.74, 6) is -0.768. The first-order valence-electron chi connectivity index (χ1n) is 7.06. The number of likely N-dealkylation sites (tertiary alicyclic amines) is 1. The molecule has 3 N–H and O–H groups in total. The van der Waals surface area contributed by atoms with Gasteiger partial charge in [-0.1, -0.05) is 0 Å². The molecule has 0 aliphatic carbocycles. The van der Waals surface area contributed by atoms with Crippen molar-refractivity contribution in [1.82, 2.24) is 19.8 Å². The summed E-state index contributed by atoms with van der Waals surface area (Å²) < 4.78 is 37.0. The number of hydrogen-bond acceptors (Lipinski definition) is 6. The van der Waals surface area contributed by atoms with Crippen LogP contribution >= 0.6 is 0 Å². The SMILES string of the molecule is O=C(N[C@H]1CNCCOC1)N1CC[C@@H]2[C@H]1C(=O)N2S(=O)(=O)O. The fourth-order valence-electron chi connectivity index (χ4n) is 3.10. The van der Waals surface area contributed by atoms with Crippen molar-refractivity contribution < 1.29 is 27.3 Å². The second-order valence-electron chi connectivity index (χ2n) is 5.53. The van der Waals surface area contributed by atoms with Crippen LogP contribution in [0.3, 0.4) is 0 Å². The highest BCUT2D eigenvalue weighted by atomic mass is 32.2. The molecule has 124 valence electrons. The number of β-lactam (4-membered cyclic amide) rings is 1. The number of nitrogens with zero attached hydrogens (tertiary/aromatic N) is 2. The summed E-state index contributed by atoms with van der Waals surface area (Å²) in [6, 6.07) is -2.12. The lowest BCUT2D eigenvalue weighted by Gasteiger charge is -2.42. The van der Waals surface area contributed by atoms with Gasteiger partial charge < -0.3 is 20.3 Å². The minimum atomic E-state index is -4.56. The average Bonchev–Trinajstić information content (AvgIpc) is 2.60. The summed E-state index contributed by atoms with van der Waals surface area (Å²) >= 11 is 0. The van der Waals surface area contributed by atoms with Gasteiger partial charge in [-0.2, -0.15) is 8.42 Å². The molecular formula is C11H18N4O6S. The van der Waals surface area contributed by atoms with E-state index in [9.17, 15) is 18.0 Å². The van der Waals surface area contributed by atoms with Gasteiger partial charge in [-0.25, -0.2) is 9.10 Å². The molecule has 0 bridgehead atoms. The summed E-state index contributed by atoms with van der Waals surface area (Å²) in [6.45, 7) is 2.50. The van der Waals surface area contributed by atoms with Gasteiger partial charge >= 0.3 is 16.3 Å². The zero-order valence-electron chi connectivity index (χ0n) is 11.8. The summed E-state index contributed by atoms with van der Waals surface area (Å²) in [6.07, 6.45) is 0.322. The van der Waals surface area contributed by atoms with Crippen LogP contribution in [0.5, 0.6) is 0 Å². The lowest BCUT2D eigenvalue weighted by molar-refractivity contribution is -0.143. The van der Waals surface area contributed by atoms with Crippen molar-refractivity contribution in [3.63, 3.8) is 0 Å². The van der Waals surface area contributed by atoms with Crippen LogP contribution in [-0.2, 0) is 19.8 Å². The number of amides is 3. The van der Waals surface area contributed by atoms with E-state index in [0.29, 0.717) is 37.0 Å². The van der Waals surface area contributed by atoms with E-state index in [2.05, 4.69) is 10.6 Å². The van der Waals surface area contributed by atoms with Gasteiger partial charge in [0.2, 0.25) is 0 Å². The molecule has 0 saturated carbocycles. The monoisotopic (exact) mass is 334 g/mol. The van der Waals surface area contributed by atoms with E-state index in [4.69, 9.17) is 9.29 Å². The quantitative estimate of drug-likeness (QED) is 0.385. The van der Waals surface area contributed by atoms with Gasteiger partial charge in [0.1, 0.15) is 6.04 Å². The summed E-state index contributed by atoms with van der Waals surface area (Å²) in [5.41, 5.74) is 0. The van der Waals surface area contributed by atoms with Crippen LogP contribution in [0.25, 0.3) is 0 Å². The molecule has 0 unspecified atom stereocenters. The summed E-state index contributed by atoms with van der Waals surface area (Å²) in [5, 5.41) is 5.89. The van der Waals surface area contributed by atoms with Crippen molar-refractivity contribution in [3.05, 3.63) is 0 Å². The molecule has 0 radical (unpaired) electrons. The van der Waals surface area contributed by atoms with Gasteiger partial charge in [-0.3, -0.25) is 9.35 Å². The van der Waals surface area contributed by atoms with Crippen LogP contribution < -0.4 is 10.6 Å². The van der Waals surface area contributed by atoms with E-state index in [0.717, 1.165) is 0 Å². The lowest BCUT2D eigenvalue weighted by Crippen LogP contribution is -2.69. The number of ether oxygens (including phenoxy) is 1. The third kappa shape index (κ3) is 2.64. The maximum atomic E-state index is 12.3. The normalized spacial score (nSPS) is 32.2. The molecular weight excluding hydrogens is 316 g/mol. The molecule has 3 heterocycles. The van der Waals surface area contributed by atoms with Crippen LogP contribution in [-0.4, -0.2) is 85.1 Å². The van der Waals surface area contributed by atoms with Gasteiger partial charge in [0.15, 0.2) is 0 Å². The third-order valence-electron chi connectivity index (χ3n) is 4.11. The van der Waals surface area contributed by atoms with Crippen molar-refractivity contribution >= 4 is 22.2 Å². The first-order valence-corrected chi connectivity index (χ1v) is 8.45. The standard InChI is InChI=1S/C11H18N4O6S/c16-10-9-8(15(10)22(18,19)20)1-3-14(9)11(17)13-7-5-12-2-4-21-6-7/h7-9,12H,1-6H2,(H,13,17)(H,18,19,20)/t7-,8+,9-/m0/s1. The Morgan fingerprint density at radius 2 is 2.23 bits per heavy atom. The van der Waals surface area contributed by atoms with Crippen molar-refractivity contribution in [3.8, 4) is 0 Å². The highest BCUT2D eigenvalue weighted by Gasteiger charge is 2.60. The Hall–Kier alpha value is -1.43. The zero-order valence-corrected chi connectivity index (χ0v) is 12.6. The second-order valence-corrected chi connectivity index (χ2v) is 6.82. The van der Waals surface area contributed by atoms with Crippen molar-refractivity contribution in [2.75, 3.05) is 32.8 Å². The minimum Gasteiger partial charge on any atom is -0.378 e. The first kappa shape index (κ1) is 15.5. The Kier molecular flexibility index (Phi) is 3.97. The predicted molar refractivity (Wildman–Crippen MR) is 73.3 cm³/mol. The molecule has 3 saturated heterocycles. The van der Waals surface area contributed by atoms with E-state index in [-0.39, 0.29) is 12.6 Å². The maximum Gasteiger partial charge on any atom is 0.362 e. The molecule has 10 nitrogen and oxygen atoms in total. The Morgan fingerprint density at radius 3 is 2.95 bits per heavy atom. The minimum absolute atomic E-state index is 0.207. The summed E-state index contributed by atoms with van der Waals surface area (Å²) in [7, 11) is -4.56.